The lowest BCUT2D eigenvalue weighted by Crippen LogP contribution is -2.35. The molecule has 0 atom stereocenters. The molecule has 8 heteroatoms. The molecule has 2 aromatic rings. The fraction of sp³-hybridized carbons (Fsp3) is 0.423. The van der Waals surface area contributed by atoms with Gasteiger partial charge in [-0.25, -0.2) is 0 Å². The van der Waals surface area contributed by atoms with Gasteiger partial charge in [0.05, 0.1) is 5.56 Å². The average Bonchev–Trinajstić information content (AvgIpc) is 2.85. The maximum Gasteiger partial charge on any atom is 0.255 e. The molecule has 0 saturated heterocycles. The van der Waals surface area contributed by atoms with Crippen molar-refractivity contribution in [1.82, 2.24) is 15.5 Å². The van der Waals surface area contributed by atoms with Crippen molar-refractivity contribution in [3.8, 4) is 11.5 Å². The Morgan fingerprint density at radius 1 is 0.794 bits per heavy atom. The van der Waals surface area contributed by atoms with Crippen molar-refractivity contribution in [2.45, 2.75) is 45.4 Å². The Kier molecular flexibility index (Phi) is 11.4. The van der Waals surface area contributed by atoms with Crippen LogP contribution in [0.5, 0.6) is 11.5 Å². The molecule has 2 rings (SSSR count). The molecule has 0 aliphatic heterocycles. The van der Waals surface area contributed by atoms with Crippen LogP contribution in [0.3, 0.4) is 0 Å². The number of carbonyl (C=O) groups is 3. The Labute approximate surface area is 201 Å². The highest BCUT2D eigenvalue weighted by Crippen LogP contribution is 2.27. The Hall–Kier alpha value is -3.55. The first kappa shape index (κ1) is 26.7. The maximum atomic E-state index is 12.6. The minimum atomic E-state index is -0.480. The molecule has 0 radical (unpaired) electrons. The largest absolute Gasteiger partial charge is 0.504 e. The van der Waals surface area contributed by atoms with Gasteiger partial charge in [-0.3, -0.25) is 14.4 Å². The third-order valence-electron chi connectivity index (χ3n) is 5.42. The average molecular weight is 470 g/mol. The van der Waals surface area contributed by atoms with Crippen molar-refractivity contribution in [2.75, 3.05) is 26.2 Å². The van der Waals surface area contributed by atoms with Gasteiger partial charge in [0.2, 0.25) is 5.91 Å². The second kappa shape index (κ2) is 14.6. The molecule has 184 valence electrons. The molecule has 0 spiro atoms. The van der Waals surface area contributed by atoms with Gasteiger partial charge < -0.3 is 25.7 Å². The van der Waals surface area contributed by atoms with E-state index >= 15 is 0 Å². The van der Waals surface area contributed by atoms with Crippen LogP contribution in [0.4, 0.5) is 0 Å². The first-order valence-electron chi connectivity index (χ1n) is 11.8. The van der Waals surface area contributed by atoms with Gasteiger partial charge in [-0.1, -0.05) is 37.6 Å². The number of carbonyl (C=O) groups excluding carboxylic acids is 3. The molecule has 34 heavy (non-hydrogen) atoms. The number of hydrogen-bond donors (Lipinski definition) is 4. The van der Waals surface area contributed by atoms with E-state index in [1.54, 1.807) is 12.1 Å². The van der Waals surface area contributed by atoms with E-state index < -0.39 is 11.7 Å². The third kappa shape index (κ3) is 8.77. The fourth-order valence-electron chi connectivity index (χ4n) is 3.45. The van der Waals surface area contributed by atoms with E-state index in [4.69, 9.17) is 0 Å². The Bertz CT molecular complexity index is 933. The molecule has 8 nitrogen and oxygen atoms in total. The summed E-state index contributed by atoms with van der Waals surface area (Å²) in [6, 6.07) is 13.3. The van der Waals surface area contributed by atoms with Crippen LogP contribution in [-0.4, -0.2) is 59.0 Å². The second-order valence-electron chi connectivity index (χ2n) is 8.10. The maximum absolute atomic E-state index is 12.6. The van der Waals surface area contributed by atoms with E-state index in [-0.39, 0.29) is 23.1 Å². The number of phenolic OH excluding ortho intramolecular Hbond substituents is 2. The van der Waals surface area contributed by atoms with Crippen LogP contribution in [0.2, 0.25) is 0 Å². The molecule has 0 aliphatic rings. The topological polar surface area (TPSA) is 119 Å². The predicted octanol–water partition coefficient (Wildman–Crippen LogP) is 3.45. The van der Waals surface area contributed by atoms with Crippen LogP contribution in [0, 0.1) is 0 Å². The number of nitrogens with zero attached hydrogens (tertiary/aromatic N) is 1. The van der Waals surface area contributed by atoms with Crippen LogP contribution in [0.1, 0.15) is 66.2 Å². The predicted molar refractivity (Wildman–Crippen MR) is 131 cm³/mol. The summed E-state index contributed by atoms with van der Waals surface area (Å²) in [5.74, 6) is -1.29. The van der Waals surface area contributed by atoms with E-state index in [0.29, 0.717) is 44.6 Å². The summed E-state index contributed by atoms with van der Waals surface area (Å²) in [6.45, 7) is 4.00. The van der Waals surface area contributed by atoms with Crippen LogP contribution in [-0.2, 0) is 4.79 Å². The molecule has 3 amide bonds. The summed E-state index contributed by atoms with van der Waals surface area (Å²) in [5, 5.41) is 25.0. The summed E-state index contributed by atoms with van der Waals surface area (Å²) in [5.41, 5.74) is 0.633. The number of amides is 3. The number of unbranched alkanes of at least 4 members (excludes halogenated alkanes) is 2. The highest BCUT2D eigenvalue weighted by Gasteiger charge is 2.15. The summed E-state index contributed by atoms with van der Waals surface area (Å²) < 4.78 is 0. The van der Waals surface area contributed by atoms with Gasteiger partial charge in [-0.2, -0.15) is 0 Å². The molecular formula is C26H35N3O5. The Balaban J connectivity index is 1.75. The standard InChI is InChI=1S/C26H35N3O5/c1-2-3-15-23(31)29(18-8-7-16-27-25(33)20-11-5-4-6-12-20)19-10-17-28-26(34)21-13-9-14-22(30)24(21)32/h4-6,9,11-14,30,32H,2-3,7-8,10,15-19H2,1H3,(H,27,33)(H,28,34). The Morgan fingerprint density at radius 2 is 1.47 bits per heavy atom. The van der Waals surface area contributed by atoms with Gasteiger partial charge in [0.1, 0.15) is 0 Å². The summed E-state index contributed by atoms with van der Waals surface area (Å²) in [4.78, 5) is 38.8. The zero-order valence-corrected chi connectivity index (χ0v) is 19.8. The number of aromatic hydroxyl groups is 2. The quantitative estimate of drug-likeness (QED) is 0.250. The molecule has 0 aliphatic carbocycles. The van der Waals surface area contributed by atoms with Crippen molar-refractivity contribution < 1.29 is 24.6 Å². The van der Waals surface area contributed by atoms with Gasteiger partial charge in [-0.15, -0.1) is 0 Å². The highest BCUT2D eigenvalue weighted by atomic mass is 16.3. The molecule has 0 heterocycles. The zero-order chi connectivity index (χ0) is 24.8. The summed E-state index contributed by atoms with van der Waals surface area (Å²) >= 11 is 0. The first-order valence-corrected chi connectivity index (χ1v) is 11.8. The van der Waals surface area contributed by atoms with E-state index in [2.05, 4.69) is 10.6 Å². The van der Waals surface area contributed by atoms with Gasteiger partial charge >= 0.3 is 0 Å². The number of hydrogen-bond acceptors (Lipinski definition) is 5. The van der Waals surface area contributed by atoms with Crippen LogP contribution in [0.15, 0.2) is 48.5 Å². The van der Waals surface area contributed by atoms with E-state index in [0.717, 1.165) is 25.7 Å². The van der Waals surface area contributed by atoms with Crippen LogP contribution in [0.25, 0.3) is 0 Å². The molecule has 0 aromatic heterocycles. The number of para-hydroxylation sites is 1. The third-order valence-corrected chi connectivity index (χ3v) is 5.42. The van der Waals surface area contributed by atoms with E-state index in [1.165, 1.54) is 18.2 Å². The summed E-state index contributed by atoms with van der Waals surface area (Å²) in [7, 11) is 0. The molecule has 4 N–H and O–H groups in total. The van der Waals surface area contributed by atoms with Crippen LogP contribution >= 0.6 is 0 Å². The van der Waals surface area contributed by atoms with E-state index in [1.807, 2.05) is 30.0 Å². The van der Waals surface area contributed by atoms with Crippen molar-refractivity contribution >= 4 is 17.7 Å². The number of phenols is 2. The summed E-state index contributed by atoms with van der Waals surface area (Å²) in [6.07, 6.45) is 4.34. The SMILES string of the molecule is CCCCC(=O)N(CCCCNC(=O)c1ccccc1)CCCNC(=O)c1cccc(O)c1O. The van der Waals surface area contributed by atoms with Crippen molar-refractivity contribution in [3.63, 3.8) is 0 Å². The number of nitrogens with one attached hydrogen (secondary N) is 2. The van der Waals surface area contributed by atoms with Crippen LogP contribution < -0.4 is 10.6 Å². The van der Waals surface area contributed by atoms with Crippen molar-refractivity contribution in [3.05, 3.63) is 59.7 Å². The van der Waals surface area contributed by atoms with Gasteiger partial charge in [0.25, 0.3) is 11.8 Å². The van der Waals surface area contributed by atoms with Crippen molar-refractivity contribution in [2.24, 2.45) is 0 Å². The monoisotopic (exact) mass is 469 g/mol. The molecular weight excluding hydrogens is 434 g/mol. The highest BCUT2D eigenvalue weighted by molar-refractivity contribution is 5.97. The number of rotatable bonds is 14. The van der Waals surface area contributed by atoms with E-state index in [9.17, 15) is 24.6 Å². The fourth-order valence-corrected chi connectivity index (χ4v) is 3.45. The smallest absolute Gasteiger partial charge is 0.255 e. The molecule has 0 saturated carbocycles. The van der Waals surface area contributed by atoms with Gasteiger partial charge in [-0.05, 0) is 49.9 Å². The van der Waals surface area contributed by atoms with Gasteiger partial charge in [0.15, 0.2) is 11.5 Å². The molecule has 0 bridgehead atoms. The second-order valence-corrected chi connectivity index (χ2v) is 8.10. The van der Waals surface area contributed by atoms with Gasteiger partial charge in [0, 0.05) is 38.2 Å². The minimum absolute atomic E-state index is 0.00780. The first-order chi connectivity index (χ1) is 16.4. The molecule has 0 unspecified atom stereocenters. The molecule has 2 aromatic carbocycles. The minimum Gasteiger partial charge on any atom is -0.504 e. The normalized spacial score (nSPS) is 10.5. The number of benzene rings is 2. The lowest BCUT2D eigenvalue weighted by Gasteiger charge is -2.23. The van der Waals surface area contributed by atoms with Crippen molar-refractivity contribution in [1.29, 1.82) is 0 Å². The lowest BCUT2D eigenvalue weighted by atomic mass is 10.1. The lowest BCUT2D eigenvalue weighted by molar-refractivity contribution is -0.131. The molecule has 0 fully saturated rings. The Morgan fingerprint density at radius 3 is 2.21 bits per heavy atom. The zero-order valence-electron chi connectivity index (χ0n) is 19.8.